The lowest BCUT2D eigenvalue weighted by molar-refractivity contribution is -0.146. The average molecular weight is 591 g/mol. The number of nitrogens with one attached hydrogen (secondary N) is 1. The van der Waals surface area contributed by atoms with E-state index in [1.807, 2.05) is 42.5 Å². The molecule has 5 rings (SSSR count). The Morgan fingerprint density at radius 3 is 2.40 bits per heavy atom. The Labute approximate surface area is 248 Å². The van der Waals surface area contributed by atoms with E-state index in [9.17, 15) is 14.4 Å². The van der Waals surface area contributed by atoms with Crippen LogP contribution in [0.2, 0.25) is 5.02 Å². The maximum Gasteiger partial charge on any atom is 0.319 e. The van der Waals surface area contributed by atoms with Gasteiger partial charge in [-0.25, -0.2) is 9.50 Å². The van der Waals surface area contributed by atoms with Gasteiger partial charge in [-0.05, 0) is 48.7 Å². The van der Waals surface area contributed by atoms with Crippen LogP contribution in [0.1, 0.15) is 23.3 Å². The molecular formula is C30H31ClN6O5. The van der Waals surface area contributed by atoms with E-state index in [0.29, 0.717) is 42.3 Å². The minimum atomic E-state index is -0.406. The molecule has 12 heteroatoms. The van der Waals surface area contributed by atoms with Gasteiger partial charge in [0.2, 0.25) is 0 Å². The number of hydrogen-bond donors (Lipinski definition) is 1. The molecule has 1 N–H and O–H groups in total. The lowest BCUT2D eigenvalue weighted by Gasteiger charge is -2.39. The number of amides is 1. The molecule has 1 aliphatic heterocycles. The van der Waals surface area contributed by atoms with Crippen molar-refractivity contribution in [1.82, 2.24) is 19.5 Å². The fourth-order valence-corrected chi connectivity index (χ4v) is 5.33. The number of esters is 2. The van der Waals surface area contributed by atoms with E-state index in [4.69, 9.17) is 21.1 Å². The predicted octanol–water partition coefficient (Wildman–Crippen LogP) is 3.92. The molecule has 1 aliphatic rings. The van der Waals surface area contributed by atoms with Gasteiger partial charge in [-0.3, -0.25) is 19.3 Å². The zero-order chi connectivity index (χ0) is 29.6. The third kappa shape index (κ3) is 6.53. The van der Waals surface area contributed by atoms with Crippen molar-refractivity contribution in [2.75, 3.05) is 50.6 Å². The molecule has 0 unspecified atom stereocenters. The number of nitrogens with zero attached hydrogens (tertiary/aromatic N) is 5. The van der Waals surface area contributed by atoms with Crippen molar-refractivity contribution in [2.24, 2.45) is 0 Å². The number of rotatable bonds is 9. The highest BCUT2D eigenvalue weighted by Gasteiger charge is 2.29. The Morgan fingerprint density at radius 2 is 1.71 bits per heavy atom. The molecule has 0 spiro atoms. The SMILES string of the molecule is COC(=O)CN(CC(=O)OC)C1CCN(c2ccccc2NC(=O)c2ccn3ncc(-c4cccc(Cl)c4)c3n2)CC1. The number of anilines is 2. The number of piperidine rings is 1. The zero-order valence-electron chi connectivity index (χ0n) is 23.3. The van der Waals surface area contributed by atoms with Gasteiger partial charge in [-0.15, -0.1) is 0 Å². The normalized spacial score (nSPS) is 13.8. The van der Waals surface area contributed by atoms with Crippen LogP contribution in [0.25, 0.3) is 16.8 Å². The second-order valence-corrected chi connectivity index (χ2v) is 10.3. The summed E-state index contributed by atoms with van der Waals surface area (Å²) in [6, 6.07) is 16.6. The summed E-state index contributed by atoms with van der Waals surface area (Å²) in [5, 5.41) is 7.98. The summed E-state index contributed by atoms with van der Waals surface area (Å²) in [6.07, 6.45) is 4.83. The van der Waals surface area contributed by atoms with Gasteiger partial charge in [-0.2, -0.15) is 5.10 Å². The largest absolute Gasteiger partial charge is 0.468 e. The smallest absolute Gasteiger partial charge is 0.319 e. The third-order valence-electron chi connectivity index (χ3n) is 7.33. The molecule has 42 heavy (non-hydrogen) atoms. The summed E-state index contributed by atoms with van der Waals surface area (Å²) in [6.45, 7) is 1.35. The van der Waals surface area contributed by atoms with Crippen molar-refractivity contribution in [2.45, 2.75) is 18.9 Å². The topological polar surface area (TPSA) is 118 Å². The van der Waals surface area contributed by atoms with Crippen molar-refractivity contribution < 1.29 is 23.9 Å². The molecule has 0 bridgehead atoms. The molecule has 3 heterocycles. The zero-order valence-corrected chi connectivity index (χ0v) is 24.1. The van der Waals surface area contributed by atoms with Crippen molar-refractivity contribution in [1.29, 1.82) is 0 Å². The molecule has 0 atom stereocenters. The van der Waals surface area contributed by atoms with E-state index < -0.39 is 11.9 Å². The van der Waals surface area contributed by atoms with E-state index >= 15 is 0 Å². The van der Waals surface area contributed by atoms with Crippen LogP contribution < -0.4 is 10.2 Å². The van der Waals surface area contributed by atoms with Crippen LogP contribution in [0.5, 0.6) is 0 Å². The predicted molar refractivity (Wildman–Crippen MR) is 159 cm³/mol. The number of benzene rings is 2. The van der Waals surface area contributed by atoms with Crippen LogP contribution in [0.3, 0.4) is 0 Å². The molecule has 0 aliphatic carbocycles. The maximum absolute atomic E-state index is 13.4. The number of fused-ring (bicyclic) bond motifs is 1. The van der Waals surface area contributed by atoms with Crippen molar-refractivity contribution in [3.05, 3.63) is 77.7 Å². The van der Waals surface area contributed by atoms with Crippen LogP contribution in [0.15, 0.2) is 67.0 Å². The van der Waals surface area contributed by atoms with Crippen molar-refractivity contribution in [3.8, 4) is 11.1 Å². The third-order valence-corrected chi connectivity index (χ3v) is 7.57. The number of carbonyl (C=O) groups excluding carboxylic acids is 3. The number of hydrogen-bond acceptors (Lipinski definition) is 9. The number of methoxy groups -OCH3 is 2. The highest BCUT2D eigenvalue weighted by Crippen LogP contribution is 2.30. The first-order valence-corrected chi connectivity index (χ1v) is 13.9. The lowest BCUT2D eigenvalue weighted by atomic mass is 10.0. The minimum absolute atomic E-state index is 0.00137. The first-order chi connectivity index (χ1) is 20.4. The molecule has 11 nitrogen and oxygen atoms in total. The van der Waals surface area contributed by atoms with Crippen LogP contribution in [-0.4, -0.2) is 83.8 Å². The van der Waals surface area contributed by atoms with E-state index in [2.05, 4.69) is 20.3 Å². The highest BCUT2D eigenvalue weighted by molar-refractivity contribution is 6.30. The number of halogens is 1. The standard InChI is InChI=1S/C30H31ClN6O5/c1-41-27(38)18-36(19-28(39)42-2)22-10-13-35(14-11-22)26-9-4-3-8-24(26)34-30(40)25-12-15-37-29(33-25)23(17-32-37)20-6-5-7-21(31)16-20/h3-9,12,15-17,22H,10-11,13-14,18-19H2,1-2H3,(H,34,40). The lowest BCUT2D eigenvalue weighted by Crippen LogP contribution is -2.48. The van der Waals surface area contributed by atoms with Gasteiger partial charge < -0.3 is 19.7 Å². The number of ether oxygens (including phenoxy) is 2. The van der Waals surface area contributed by atoms with Gasteiger partial charge in [0.25, 0.3) is 5.91 Å². The summed E-state index contributed by atoms with van der Waals surface area (Å²) in [4.78, 5) is 45.9. The van der Waals surface area contributed by atoms with E-state index in [1.54, 1.807) is 33.9 Å². The van der Waals surface area contributed by atoms with Gasteiger partial charge in [0, 0.05) is 35.9 Å². The Balaban J connectivity index is 1.30. The van der Waals surface area contributed by atoms with Gasteiger partial charge in [-0.1, -0.05) is 35.9 Å². The average Bonchev–Trinajstić information content (AvgIpc) is 3.44. The Kier molecular flexibility index (Phi) is 8.99. The maximum atomic E-state index is 13.4. The van der Waals surface area contributed by atoms with Crippen LogP contribution in [-0.2, 0) is 19.1 Å². The van der Waals surface area contributed by atoms with E-state index in [-0.39, 0.29) is 30.7 Å². The molecule has 2 aromatic heterocycles. The van der Waals surface area contributed by atoms with E-state index in [0.717, 1.165) is 16.8 Å². The number of aromatic nitrogens is 3. The number of carbonyl (C=O) groups is 3. The monoisotopic (exact) mass is 590 g/mol. The minimum Gasteiger partial charge on any atom is -0.468 e. The molecule has 218 valence electrons. The fraction of sp³-hybridized carbons (Fsp3) is 0.300. The quantitative estimate of drug-likeness (QED) is 0.289. The Hall–Kier alpha value is -4.48. The second-order valence-electron chi connectivity index (χ2n) is 9.90. The molecule has 4 aromatic rings. The first kappa shape index (κ1) is 29.0. The summed E-state index contributed by atoms with van der Waals surface area (Å²) < 4.78 is 11.3. The Bertz CT molecular complexity index is 1580. The molecule has 0 radical (unpaired) electrons. The van der Waals surface area contributed by atoms with Gasteiger partial charge in [0.1, 0.15) is 5.69 Å². The molecular weight excluding hydrogens is 560 g/mol. The van der Waals surface area contributed by atoms with Crippen molar-refractivity contribution >= 4 is 46.5 Å². The van der Waals surface area contributed by atoms with Crippen LogP contribution in [0.4, 0.5) is 11.4 Å². The van der Waals surface area contributed by atoms with Gasteiger partial charge in [0.15, 0.2) is 5.65 Å². The first-order valence-electron chi connectivity index (χ1n) is 13.5. The van der Waals surface area contributed by atoms with Gasteiger partial charge in [0.05, 0.1) is 44.9 Å². The molecule has 2 aromatic carbocycles. The number of para-hydroxylation sites is 2. The highest BCUT2D eigenvalue weighted by atomic mass is 35.5. The van der Waals surface area contributed by atoms with E-state index in [1.165, 1.54) is 14.2 Å². The second kappa shape index (κ2) is 13.0. The fourth-order valence-electron chi connectivity index (χ4n) is 5.14. The summed E-state index contributed by atoms with van der Waals surface area (Å²) in [7, 11) is 2.65. The molecule has 1 saturated heterocycles. The molecule has 1 amide bonds. The molecule has 0 saturated carbocycles. The molecule has 1 fully saturated rings. The van der Waals surface area contributed by atoms with Crippen LogP contribution >= 0.6 is 11.6 Å². The summed E-state index contributed by atoms with van der Waals surface area (Å²) in [5.74, 6) is -1.16. The Morgan fingerprint density at radius 1 is 1.00 bits per heavy atom. The summed E-state index contributed by atoms with van der Waals surface area (Å²) >= 11 is 6.18. The van der Waals surface area contributed by atoms with Crippen LogP contribution in [0, 0.1) is 0 Å². The van der Waals surface area contributed by atoms with Gasteiger partial charge >= 0.3 is 11.9 Å². The summed E-state index contributed by atoms with van der Waals surface area (Å²) in [5.41, 5.74) is 3.95. The van der Waals surface area contributed by atoms with Crippen molar-refractivity contribution in [3.63, 3.8) is 0 Å².